The average molecular weight is 382 g/mol. The van der Waals surface area contributed by atoms with Crippen LogP contribution in [0.1, 0.15) is 0 Å². The average Bonchev–Trinajstić information content (AvgIpc) is 3.25. The molecule has 0 fully saturated rings. The van der Waals surface area contributed by atoms with Crippen molar-refractivity contribution in [3.05, 3.63) is 105 Å². The van der Waals surface area contributed by atoms with Gasteiger partial charge in [-0.3, -0.25) is 9.59 Å². The molecule has 0 amide bonds. The molecule has 0 N–H and O–H groups in total. The maximum Gasteiger partial charge on any atom is 0.195 e. The Hall–Kier alpha value is -4.04. The molecule has 7 rings (SSSR count). The lowest BCUT2D eigenvalue weighted by Gasteiger charge is -2.08. The van der Waals surface area contributed by atoms with Crippen LogP contribution in [0.2, 0.25) is 0 Å². The summed E-state index contributed by atoms with van der Waals surface area (Å²) in [6, 6.07) is 28.0. The summed E-state index contributed by atoms with van der Waals surface area (Å²) >= 11 is 0. The highest BCUT2D eigenvalue weighted by Gasteiger charge is 2.22. The second-order valence-electron chi connectivity index (χ2n) is 7.99. The van der Waals surface area contributed by atoms with Gasteiger partial charge in [0.25, 0.3) is 0 Å². The van der Waals surface area contributed by atoms with E-state index in [1.54, 1.807) is 0 Å². The third-order valence-corrected chi connectivity index (χ3v) is 6.51. The van der Waals surface area contributed by atoms with Gasteiger partial charge in [0.15, 0.2) is 10.9 Å². The Labute approximate surface area is 170 Å². The van der Waals surface area contributed by atoms with E-state index in [4.69, 9.17) is 0 Å². The number of rotatable bonds is 0. The minimum atomic E-state index is -0.0481. The Morgan fingerprint density at radius 2 is 0.733 bits per heavy atom. The largest absolute Gasteiger partial charge is 0.289 e. The molecule has 7 aromatic carbocycles. The van der Waals surface area contributed by atoms with Crippen molar-refractivity contribution >= 4 is 64.6 Å². The summed E-state index contributed by atoms with van der Waals surface area (Å²) in [5, 5.41) is 10.4. The normalized spacial score (nSPS) is 12.3. The predicted octanol–water partition coefficient (Wildman–Crippen LogP) is 6.20. The van der Waals surface area contributed by atoms with Gasteiger partial charge in [-0.2, -0.15) is 0 Å². The van der Waals surface area contributed by atoms with Crippen LogP contribution < -0.4 is 10.9 Å². The Morgan fingerprint density at radius 1 is 0.367 bits per heavy atom. The third-order valence-electron chi connectivity index (χ3n) is 6.51. The Kier molecular flexibility index (Phi) is 2.80. The van der Waals surface area contributed by atoms with Crippen molar-refractivity contribution in [3.63, 3.8) is 0 Å². The highest BCUT2D eigenvalue weighted by atomic mass is 16.1. The summed E-state index contributed by atoms with van der Waals surface area (Å²) in [6.45, 7) is 0. The Balaban J connectivity index is 1.98. The molecule has 0 spiro atoms. The van der Waals surface area contributed by atoms with Gasteiger partial charge in [0.05, 0.1) is 0 Å². The van der Waals surface area contributed by atoms with E-state index in [0.717, 1.165) is 43.1 Å². The fourth-order valence-corrected chi connectivity index (χ4v) is 5.25. The monoisotopic (exact) mass is 382 g/mol. The molecule has 2 nitrogen and oxygen atoms in total. The van der Waals surface area contributed by atoms with E-state index in [9.17, 15) is 9.59 Å². The van der Waals surface area contributed by atoms with E-state index in [1.165, 1.54) is 0 Å². The number of hydrogen-bond donors (Lipinski definition) is 0. The molecule has 0 aliphatic rings. The van der Waals surface area contributed by atoms with Crippen molar-refractivity contribution in [2.24, 2.45) is 0 Å². The smallest absolute Gasteiger partial charge is 0.195 e. The zero-order valence-corrected chi connectivity index (χ0v) is 15.9. The minimum absolute atomic E-state index is 0.0481. The van der Waals surface area contributed by atoms with Crippen molar-refractivity contribution in [2.45, 2.75) is 0 Å². The van der Waals surface area contributed by atoms with Crippen molar-refractivity contribution in [2.75, 3.05) is 0 Å². The lowest BCUT2D eigenvalue weighted by atomic mass is 9.94. The van der Waals surface area contributed by atoms with Crippen LogP contribution in [0.4, 0.5) is 0 Å². The summed E-state index contributed by atoms with van der Waals surface area (Å²) in [5.41, 5.74) is -0.0962. The minimum Gasteiger partial charge on any atom is -0.289 e. The molecule has 0 unspecified atom stereocenters. The molecule has 0 aliphatic carbocycles. The summed E-state index contributed by atoms with van der Waals surface area (Å²) in [5.74, 6) is 0. The van der Waals surface area contributed by atoms with Crippen LogP contribution in [0.25, 0.3) is 64.6 Å². The molecular weight excluding hydrogens is 368 g/mol. The molecule has 0 saturated carbocycles. The van der Waals surface area contributed by atoms with Crippen LogP contribution >= 0.6 is 0 Å². The van der Waals surface area contributed by atoms with Gasteiger partial charge in [0, 0.05) is 32.3 Å². The maximum atomic E-state index is 13.5. The summed E-state index contributed by atoms with van der Waals surface area (Å²) in [7, 11) is 0. The predicted molar refractivity (Wildman–Crippen MR) is 126 cm³/mol. The second kappa shape index (κ2) is 5.31. The van der Waals surface area contributed by atoms with Crippen LogP contribution in [-0.4, -0.2) is 0 Å². The maximum absolute atomic E-state index is 13.5. The molecule has 138 valence electrons. The van der Waals surface area contributed by atoms with Gasteiger partial charge in [-0.1, -0.05) is 72.8 Å². The Morgan fingerprint density at radius 3 is 1.17 bits per heavy atom. The highest BCUT2D eigenvalue weighted by molar-refractivity contribution is 6.39. The molecule has 0 aromatic heterocycles. The summed E-state index contributed by atoms with van der Waals surface area (Å²) < 4.78 is 0. The van der Waals surface area contributed by atoms with Crippen molar-refractivity contribution in [1.29, 1.82) is 0 Å². The summed E-state index contributed by atoms with van der Waals surface area (Å²) in [6.07, 6.45) is 0. The van der Waals surface area contributed by atoms with Crippen LogP contribution in [0.15, 0.2) is 94.5 Å². The fraction of sp³-hybridized carbons (Fsp3) is 0. The van der Waals surface area contributed by atoms with Crippen LogP contribution in [0, 0.1) is 0 Å². The summed E-state index contributed by atoms with van der Waals surface area (Å²) in [4.78, 5) is 27.0. The van der Waals surface area contributed by atoms with Crippen molar-refractivity contribution < 1.29 is 0 Å². The molecule has 0 aliphatic heterocycles. The molecule has 30 heavy (non-hydrogen) atoms. The molecule has 0 bridgehead atoms. The van der Waals surface area contributed by atoms with Crippen LogP contribution in [-0.2, 0) is 0 Å². The van der Waals surface area contributed by atoms with Gasteiger partial charge in [-0.25, -0.2) is 0 Å². The number of fused-ring (bicyclic) bond motifs is 11. The lowest BCUT2D eigenvalue weighted by Crippen LogP contribution is -2.01. The molecule has 0 radical (unpaired) electrons. The first-order valence-corrected chi connectivity index (χ1v) is 10.0. The van der Waals surface area contributed by atoms with Crippen LogP contribution in [0.5, 0.6) is 0 Å². The first-order valence-electron chi connectivity index (χ1n) is 10.0. The quantitative estimate of drug-likeness (QED) is 0.293. The standard InChI is InChI=1S/C28H14O2/c29-27-19-11-5-3-9-17(19)23-21-13-15-7-1-2-8-16(15)14-22(21)24-18-10-4-6-12-20(18)28(30)26(24)25(23)27/h1-14H. The molecule has 0 atom stereocenters. The fourth-order valence-electron chi connectivity index (χ4n) is 5.25. The van der Waals surface area contributed by atoms with Gasteiger partial charge in [-0.05, 0) is 44.5 Å². The zero-order chi connectivity index (χ0) is 20.0. The second-order valence-corrected chi connectivity index (χ2v) is 7.99. The van der Waals surface area contributed by atoms with E-state index < -0.39 is 0 Å². The van der Waals surface area contributed by atoms with Crippen LogP contribution in [0.3, 0.4) is 0 Å². The van der Waals surface area contributed by atoms with Gasteiger partial charge in [-0.15, -0.1) is 0 Å². The van der Waals surface area contributed by atoms with Gasteiger partial charge in [0.1, 0.15) is 0 Å². The zero-order valence-electron chi connectivity index (χ0n) is 15.9. The SMILES string of the molecule is O=c1c2ccccc2c2c3cc4ccccc4cc3c3c4ccccc4c(=O)c3c12. The lowest BCUT2D eigenvalue weighted by molar-refractivity contribution is 1.80. The van der Waals surface area contributed by atoms with E-state index in [0.29, 0.717) is 21.5 Å². The van der Waals surface area contributed by atoms with Crippen molar-refractivity contribution in [1.82, 2.24) is 0 Å². The van der Waals surface area contributed by atoms with E-state index in [1.807, 2.05) is 60.7 Å². The third kappa shape index (κ3) is 1.75. The molecule has 7 aromatic rings. The Bertz CT molecular complexity index is 1790. The highest BCUT2D eigenvalue weighted by Crippen LogP contribution is 2.41. The van der Waals surface area contributed by atoms with E-state index in [-0.39, 0.29) is 10.9 Å². The van der Waals surface area contributed by atoms with E-state index >= 15 is 0 Å². The number of hydrogen-bond acceptors (Lipinski definition) is 2. The van der Waals surface area contributed by atoms with Gasteiger partial charge in [0.2, 0.25) is 0 Å². The number of benzene rings is 5. The first kappa shape index (κ1) is 15.8. The molecule has 2 heteroatoms. The molecular formula is C28H14O2. The van der Waals surface area contributed by atoms with Gasteiger partial charge < -0.3 is 0 Å². The van der Waals surface area contributed by atoms with Gasteiger partial charge >= 0.3 is 0 Å². The molecule has 0 heterocycles. The van der Waals surface area contributed by atoms with Crippen molar-refractivity contribution in [3.8, 4) is 0 Å². The van der Waals surface area contributed by atoms with E-state index in [2.05, 4.69) is 24.3 Å². The molecule has 0 saturated heterocycles. The topological polar surface area (TPSA) is 34.1 Å². The first-order chi connectivity index (χ1) is 14.7.